The lowest BCUT2D eigenvalue weighted by Crippen LogP contribution is -2.19. The highest BCUT2D eigenvalue weighted by Gasteiger charge is 2.16. The van der Waals surface area contributed by atoms with E-state index in [9.17, 15) is 4.79 Å². The van der Waals surface area contributed by atoms with E-state index < -0.39 is 0 Å². The number of likely N-dealkylation sites (N-methyl/N-ethyl adjacent to an activating group) is 1. The highest BCUT2D eigenvalue weighted by atomic mass is 16.1. The molecule has 4 rings (SSSR count). The van der Waals surface area contributed by atoms with Crippen LogP contribution in [0.1, 0.15) is 11.1 Å². The molecular formula is C21H19N3O. The number of amides is 1. The van der Waals surface area contributed by atoms with Gasteiger partial charge in [0.05, 0.1) is 0 Å². The first-order valence-electron chi connectivity index (χ1n) is 8.23. The number of rotatable bonds is 3. The lowest BCUT2D eigenvalue weighted by Gasteiger charge is -2.05. The zero-order valence-corrected chi connectivity index (χ0v) is 14.2. The number of carbonyl (C=O) groups is 1. The minimum absolute atomic E-state index is 0.0994. The van der Waals surface area contributed by atoms with Crippen molar-refractivity contribution in [2.45, 2.75) is 0 Å². The predicted octanol–water partition coefficient (Wildman–Crippen LogP) is 3.95. The van der Waals surface area contributed by atoms with Gasteiger partial charge in [-0.2, -0.15) is 0 Å². The Balaban J connectivity index is 1.95. The summed E-state index contributed by atoms with van der Waals surface area (Å²) in [7, 11) is 3.68. The van der Waals surface area contributed by atoms with Gasteiger partial charge in [0.2, 0.25) is 0 Å². The van der Waals surface area contributed by atoms with Crippen molar-refractivity contribution < 1.29 is 4.79 Å². The Bertz CT molecular complexity index is 1110. The molecule has 2 aromatic carbocycles. The van der Waals surface area contributed by atoms with Gasteiger partial charge in [0.1, 0.15) is 0 Å². The Labute approximate surface area is 145 Å². The number of nitrogens with one attached hydrogen (secondary N) is 2. The molecule has 0 aliphatic rings. The predicted molar refractivity (Wildman–Crippen MR) is 103 cm³/mol. The summed E-state index contributed by atoms with van der Waals surface area (Å²) in [5.41, 5.74) is 4.75. The van der Waals surface area contributed by atoms with Gasteiger partial charge in [-0.25, -0.2) is 0 Å². The number of aromatic nitrogens is 2. The number of fused-ring (bicyclic) bond motifs is 2. The molecule has 1 amide bonds. The van der Waals surface area contributed by atoms with Gasteiger partial charge in [0.15, 0.2) is 0 Å². The number of hydrogen-bond donors (Lipinski definition) is 2. The number of hydrogen-bond acceptors (Lipinski definition) is 1. The van der Waals surface area contributed by atoms with Crippen molar-refractivity contribution in [1.29, 1.82) is 0 Å². The molecule has 0 bridgehead atoms. The van der Waals surface area contributed by atoms with Crippen molar-refractivity contribution in [3.05, 3.63) is 72.1 Å². The summed E-state index contributed by atoms with van der Waals surface area (Å²) in [6.07, 6.45) is 5.93. The van der Waals surface area contributed by atoms with Gasteiger partial charge < -0.3 is 14.9 Å². The van der Waals surface area contributed by atoms with Crippen LogP contribution in [0.3, 0.4) is 0 Å². The fourth-order valence-electron chi connectivity index (χ4n) is 3.34. The molecule has 4 heteroatoms. The first-order valence-corrected chi connectivity index (χ1v) is 8.23. The molecule has 0 radical (unpaired) electrons. The molecule has 0 fully saturated rings. The lowest BCUT2D eigenvalue weighted by atomic mass is 10.0. The van der Waals surface area contributed by atoms with E-state index in [0.717, 1.165) is 32.9 Å². The van der Waals surface area contributed by atoms with Gasteiger partial charge in [-0.15, -0.1) is 0 Å². The molecule has 0 aliphatic heterocycles. The van der Waals surface area contributed by atoms with Gasteiger partial charge in [0.25, 0.3) is 5.91 Å². The van der Waals surface area contributed by atoms with E-state index in [0.29, 0.717) is 5.57 Å². The summed E-state index contributed by atoms with van der Waals surface area (Å²) >= 11 is 0. The zero-order chi connectivity index (χ0) is 17.4. The largest absolute Gasteiger partial charge is 0.361 e. The second kappa shape index (κ2) is 5.98. The fourth-order valence-corrected chi connectivity index (χ4v) is 3.34. The Hall–Kier alpha value is -3.27. The van der Waals surface area contributed by atoms with Crippen LogP contribution < -0.4 is 5.32 Å². The highest BCUT2D eigenvalue weighted by molar-refractivity contribution is 6.27. The van der Waals surface area contributed by atoms with E-state index >= 15 is 0 Å². The normalized spacial score (nSPS) is 12.0. The van der Waals surface area contributed by atoms with Crippen molar-refractivity contribution >= 4 is 39.4 Å². The van der Waals surface area contributed by atoms with E-state index in [-0.39, 0.29) is 5.91 Å². The summed E-state index contributed by atoms with van der Waals surface area (Å²) in [5.74, 6) is -0.0994. The molecule has 2 aromatic heterocycles. The van der Waals surface area contributed by atoms with Crippen LogP contribution in [-0.4, -0.2) is 22.5 Å². The van der Waals surface area contributed by atoms with Crippen molar-refractivity contribution in [3.63, 3.8) is 0 Å². The maximum atomic E-state index is 12.6. The van der Waals surface area contributed by atoms with Crippen LogP contribution in [0.5, 0.6) is 0 Å². The van der Waals surface area contributed by atoms with Crippen molar-refractivity contribution in [1.82, 2.24) is 14.9 Å². The smallest absolute Gasteiger partial charge is 0.251 e. The van der Waals surface area contributed by atoms with E-state index in [1.54, 1.807) is 7.05 Å². The van der Waals surface area contributed by atoms with Crippen LogP contribution in [0, 0.1) is 0 Å². The number of nitrogens with zero attached hydrogens (tertiary/aromatic N) is 1. The second-order valence-corrected chi connectivity index (χ2v) is 6.10. The van der Waals surface area contributed by atoms with Crippen LogP contribution in [0.15, 0.2) is 60.9 Å². The van der Waals surface area contributed by atoms with Gasteiger partial charge in [-0.1, -0.05) is 36.4 Å². The molecule has 0 saturated heterocycles. The molecule has 4 aromatic rings. The molecule has 0 saturated carbocycles. The minimum atomic E-state index is -0.0994. The first-order chi connectivity index (χ1) is 12.2. The monoisotopic (exact) mass is 329 g/mol. The summed E-state index contributed by atoms with van der Waals surface area (Å²) in [6.45, 7) is 0. The van der Waals surface area contributed by atoms with E-state index in [2.05, 4.69) is 33.2 Å². The molecule has 0 unspecified atom stereocenters. The third-order valence-corrected chi connectivity index (χ3v) is 4.58. The summed E-state index contributed by atoms with van der Waals surface area (Å²) in [6, 6.07) is 16.2. The third-order valence-electron chi connectivity index (χ3n) is 4.58. The maximum absolute atomic E-state index is 12.6. The molecular weight excluding hydrogens is 310 g/mol. The van der Waals surface area contributed by atoms with E-state index in [1.165, 1.54) is 0 Å². The van der Waals surface area contributed by atoms with Crippen molar-refractivity contribution in [3.8, 4) is 0 Å². The molecule has 2 heterocycles. The van der Waals surface area contributed by atoms with Gasteiger partial charge in [0, 0.05) is 65.0 Å². The third kappa shape index (κ3) is 2.52. The number of H-pyrrole nitrogens is 1. The second-order valence-electron chi connectivity index (χ2n) is 6.10. The molecule has 0 aliphatic carbocycles. The average molecular weight is 329 g/mol. The first kappa shape index (κ1) is 15.3. The molecule has 124 valence electrons. The van der Waals surface area contributed by atoms with Crippen LogP contribution in [-0.2, 0) is 11.8 Å². The van der Waals surface area contributed by atoms with Crippen molar-refractivity contribution in [2.24, 2.45) is 7.05 Å². The van der Waals surface area contributed by atoms with Crippen LogP contribution in [0.2, 0.25) is 0 Å². The summed E-state index contributed by atoms with van der Waals surface area (Å²) < 4.78 is 2.08. The van der Waals surface area contributed by atoms with Crippen LogP contribution in [0.4, 0.5) is 0 Å². The Morgan fingerprint density at radius 3 is 2.60 bits per heavy atom. The Kier molecular flexibility index (Phi) is 3.65. The summed E-state index contributed by atoms with van der Waals surface area (Å²) in [4.78, 5) is 15.9. The fraction of sp³-hybridized carbons (Fsp3) is 0.0952. The molecule has 2 N–H and O–H groups in total. The molecule has 4 nitrogen and oxygen atoms in total. The van der Waals surface area contributed by atoms with Gasteiger partial charge in [-0.05, 0) is 18.2 Å². The van der Waals surface area contributed by atoms with Crippen LogP contribution >= 0.6 is 0 Å². The highest BCUT2D eigenvalue weighted by Crippen LogP contribution is 2.29. The number of carbonyl (C=O) groups excluding carboxylic acids is 1. The number of aryl methyl sites for hydroxylation is 1. The zero-order valence-electron chi connectivity index (χ0n) is 14.2. The topological polar surface area (TPSA) is 49.8 Å². The number of aromatic amines is 1. The molecule has 0 atom stereocenters. The van der Waals surface area contributed by atoms with Crippen LogP contribution in [0.25, 0.3) is 33.5 Å². The SMILES string of the molecule is CNC(=O)/C(=C/c1cn(C)c2ccccc12)c1c[nH]c2ccccc12. The van der Waals surface area contributed by atoms with Crippen molar-refractivity contribution in [2.75, 3.05) is 7.05 Å². The number of benzene rings is 2. The lowest BCUT2D eigenvalue weighted by molar-refractivity contribution is -0.115. The average Bonchev–Trinajstić information content (AvgIpc) is 3.21. The standard InChI is InChI=1S/C21H19N3O/c1-22-21(25)17(18-12-23-19-9-5-3-8-16(18)19)11-14-13-24(2)20-10-6-4-7-15(14)20/h3-13,23H,1-2H3,(H,22,25)/b17-11+. The van der Waals surface area contributed by atoms with Gasteiger partial charge in [-0.3, -0.25) is 4.79 Å². The molecule has 25 heavy (non-hydrogen) atoms. The molecule has 0 spiro atoms. The summed E-state index contributed by atoms with van der Waals surface area (Å²) in [5, 5.41) is 4.94. The van der Waals surface area contributed by atoms with E-state index in [1.807, 2.05) is 55.7 Å². The Morgan fingerprint density at radius 1 is 1.08 bits per heavy atom. The quantitative estimate of drug-likeness (QED) is 0.550. The Morgan fingerprint density at radius 2 is 1.80 bits per heavy atom. The minimum Gasteiger partial charge on any atom is -0.361 e. The van der Waals surface area contributed by atoms with Gasteiger partial charge >= 0.3 is 0 Å². The van der Waals surface area contributed by atoms with E-state index in [4.69, 9.17) is 0 Å². The maximum Gasteiger partial charge on any atom is 0.251 e. The number of para-hydroxylation sites is 2.